The van der Waals surface area contributed by atoms with Gasteiger partial charge in [0.1, 0.15) is 0 Å². The van der Waals surface area contributed by atoms with Crippen LogP contribution in [0.5, 0.6) is 0 Å². The molecule has 6 N–H and O–H groups in total. The van der Waals surface area contributed by atoms with Crippen molar-refractivity contribution in [2.75, 3.05) is 42.5 Å². The Kier molecular flexibility index (Phi) is 44.8. The molecule has 376 valence electrons. The first-order valence-electron chi connectivity index (χ1n) is 27.5. The zero-order valence-electron chi connectivity index (χ0n) is 42.9. The molecule has 0 saturated carbocycles. The maximum Gasteiger partial charge on any atom is 0.229 e. The Labute approximate surface area is 411 Å². The van der Waals surface area contributed by atoms with Gasteiger partial charge in [0.2, 0.25) is 29.7 Å². The van der Waals surface area contributed by atoms with E-state index in [0.29, 0.717) is 50.9 Å². The molecule has 0 aliphatic heterocycles. The van der Waals surface area contributed by atoms with Gasteiger partial charge in [0.05, 0.1) is 0 Å². The number of rotatable bonds is 44. The van der Waals surface area contributed by atoms with Crippen molar-refractivity contribution < 1.29 is 9.59 Å². The van der Waals surface area contributed by atoms with Crippen LogP contribution in [0.4, 0.5) is 17.8 Å². The summed E-state index contributed by atoms with van der Waals surface area (Å²) in [5.74, 6) is 25.8. The first kappa shape index (κ1) is 60.6. The number of amides is 2. The van der Waals surface area contributed by atoms with Gasteiger partial charge < -0.3 is 27.0 Å². The minimum Gasteiger partial charge on any atom is -0.368 e. The molecule has 0 aliphatic carbocycles. The highest BCUT2D eigenvalue weighted by Crippen LogP contribution is 2.14. The molecule has 0 fully saturated rings. The SMILES string of the molecule is CCCCCCCCCCCCC#CC#CCCCCCCCCC(=O)NCCNc1nc(N)nc(NCCNC(=O)CCCCCCCCC#CC#CCCCCCCCCCCCC)n1. The summed E-state index contributed by atoms with van der Waals surface area (Å²) in [6, 6.07) is 0. The quantitative estimate of drug-likeness (QED) is 0.0321. The van der Waals surface area contributed by atoms with Crippen molar-refractivity contribution >= 4 is 29.7 Å². The number of hydrogen-bond acceptors (Lipinski definition) is 8. The highest BCUT2D eigenvalue weighted by atomic mass is 16.2. The van der Waals surface area contributed by atoms with Crippen LogP contribution in [0.25, 0.3) is 0 Å². The predicted molar refractivity (Wildman–Crippen MR) is 285 cm³/mol. The number of carbonyl (C=O) groups excluding carboxylic acids is 2. The molecule has 10 nitrogen and oxygen atoms in total. The smallest absolute Gasteiger partial charge is 0.229 e. The summed E-state index contributed by atoms with van der Waals surface area (Å²) in [4.78, 5) is 37.3. The lowest BCUT2D eigenvalue weighted by atomic mass is 10.1. The number of anilines is 3. The highest BCUT2D eigenvalue weighted by molar-refractivity contribution is 5.76. The third kappa shape index (κ3) is 45.2. The van der Waals surface area contributed by atoms with Crippen LogP contribution in [0.1, 0.15) is 258 Å². The zero-order valence-corrected chi connectivity index (χ0v) is 42.9. The van der Waals surface area contributed by atoms with Crippen molar-refractivity contribution in [1.82, 2.24) is 25.6 Å². The summed E-state index contributed by atoms with van der Waals surface area (Å²) >= 11 is 0. The molecule has 0 radical (unpaired) electrons. The fourth-order valence-corrected chi connectivity index (χ4v) is 7.72. The fraction of sp³-hybridized carbons (Fsp3) is 0.772. The van der Waals surface area contributed by atoms with Crippen LogP contribution >= 0.6 is 0 Å². The van der Waals surface area contributed by atoms with E-state index < -0.39 is 0 Å². The maximum absolute atomic E-state index is 12.3. The molecule has 1 heterocycles. The molecule has 67 heavy (non-hydrogen) atoms. The molecular weight excluding hydrogens is 829 g/mol. The van der Waals surface area contributed by atoms with Crippen LogP contribution < -0.4 is 27.0 Å². The standard InChI is InChI=1S/C57H96N8O2/c1-3-5-7-9-11-13-15-17-19-21-23-25-27-29-31-33-35-37-39-41-43-45-47-53(66)59-49-51-61-56-63-55(58)64-57(65-56)62-52-50-60-54(67)48-46-44-42-40-38-36-34-32-30-28-26-24-22-20-18-16-14-12-10-8-6-4-2/h3-24,33-52H2,1-2H3,(H,59,66)(H,60,67)(H4,58,61,62,63,64,65). The van der Waals surface area contributed by atoms with Crippen molar-refractivity contribution in [3.05, 3.63) is 0 Å². The topological polar surface area (TPSA) is 147 Å². The van der Waals surface area contributed by atoms with Crippen LogP contribution in [0.2, 0.25) is 0 Å². The maximum atomic E-state index is 12.3. The molecule has 1 rings (SSSR count). The van der Waals surface area contributed by atoms with Crippen molar-refractivity contribution in [3.8, 4) is 47.4 Å². The van der Waals surface area contributed by atoms with E-state index in [0.717, 1.165) is 77.0 Å². The molecule has 0 aliphatic rings. The summed E-state index contributed by atoms with van der Waals surface area (Å²) in [7, 11) is 0. The Hall–Kier alpha value is -4.41. The lowest BCUT2D eigenvalue weighted by Crippen LogP contribution is -2.29. The van der Waals surface area contributed by atoms with Gasteiger partial charge in [-0.2, -0.15) is 15.0 Å². The summed E-state index contributed by atoms with van der Waals surface area (Å²) in [5, 5.41) is 12.1. The van der Waals surface area contributed by atoms with Gasteiger partial charge >= 0.3 is 0 Å². The third-order valence-electron chi connectivity index (χ3n) is 11.8. The van der Waals surface area contributed by atoms with E-state index in [4.69, 9.17) is 5.73 Å². The number of aromatic nitrogens is 3. The second kappa shape index (κ2) is 49.5. The zero-order chi connectivity index (χ0) is 48.2. The molecular formula is C57H96N8O2. The minimum atomic E-state index is 0.0499. The summed E-state index contributed by atoms with van der Waals surface area (Å²) < 4.78 is 0. The number of nitrogens with two attached hydrogens (primary N) is 1. The average molecular weight is 925 g/mol. The molecule has 0 unspecified atom stereocenters. The molecule has 10 heteroatoms. The van der Waals surface area contributed by atoms with Crippen LogP contribution in [0, 0.1) is 47.4 Å². The van der Waals surface area contributed by atoms with E-state index in [1.54, 1.807) is 0 Å². The van der Waals surface area contributed by atoms with Crippen molar-refractivity contribution in [2.45, 2.75) is 258 Å². The molecule has 0 saturated heterocycles. The van der Waals surface area contributed by atoms with E-state index >= 15 is 0 Å². The second-order valence-electron chi connectivity index (χ2n) is 18.2. The normalized spacial score (nSPS) is 10.4. The lowest BCUT2D eigenvalue weighted by molar-refractivity contribution is -0.121. The van der Waals surface area contributed by atoms with Gasteiger partial charge in [0.25, 0.3) is 0 Å². The molecule has 0 bridgehead atoms. The van der Waals surface area contributed by atoms with E-state index in [2.05, 4.69) is 97.4 Å². The largest absolute Gasteiger partial charge is 0.368 e. The molecule has 0 spiro atoms. The summed E-state index contributed by atoms with van der Waals surface area (Å²) in [6.45, 7) is 6.37. The van der Waals surface area contributed by atoms with E-state index in [-0.39, 0.29) is 17.8 Å². The van der Waals surface area contributed by atoms with Crippen molar-refractivity contribution in [3.63, 3.8) is 0 Å². The first-order chi connectivity index (χ1) is 33.0. The molecule has 1 aromatic heterocycles. The van der Waals surface area contributed by atoms with Gasteiger partial charge in [-0.15, -0.1) is 0 Å². The van der Waals surface area contributed by atoms with Gasteiger partial charge in [0, 0.05) is 64.7 Å². The predicted octanol–water partition coefficient (Wildman–Crippen LogP) is 13.4. The second-order valence-corrected chi connectivity index (χ2v) is 18.2. The van der Waals surface area contributed by atoms with E-state index in [9.17, 15) is 9.59 Å². The Morgan fingerprint density at radius 2 is 0.642 bits per heavy atom. The van der Waals surface area contributed by atoms with Crippen LogP contribution in [-0.4, -0.2) is 52.9 Å². The molecule has 1 aromatic rings. The highest BCUT2D eigenvalue weighted by Gasteiger charge is 2.06. The number of nitrogens with zero attached hydrogens (tertiary/aromatic N) is 3. The van der Waals surface area contributed by atoms with Crippen molar-refractivity contribution in [1.29, 1.82) is 0 Å². The first-order valence-corrected chi connectivity index (χ1v) is 27.5. The monoisotopic (exact) mass is 925 g/mol. The van der Waals surface area contributed by atoms with Gasteiger partial charge in [-0.1, -0.05) is 204 Å². The van der Waals surface area contributed by atoms with Crippen molar-refractivity contribution in [2.24, 2.45) is 0 Å². The van der Waals surface area contributed by atoms with Crippen LogP contribution in [0.15, 0.2) is 0 Å². The summed E-state index contributed by atoms with van der Waals surface area (Å²) in [5.41, 5.74) is 5.90. The van der Waals surface area contributed by atoms with E-state index in [1.807, 2.05) is 0 Å². The fourth-order valence-electron chi connectivity index (χ4n) is 7.72. The number of nitrogen functional groups attached to an aromatic ring is 1. The van der Waals surface area contributed by atoms with Gasteiger partial charge in [0.15, 0.2) is 0 Å². The minimum absolute atomic E-state index is 0.0499. The number of unbranched alkanes of at least 4 members (excludes halogenated alkanes) is 32. The Balaban J connectivity index is 1.95. The molecule has 0 aromatic carbocycles. The lowest BCUT2D eigenvalue weighted by Gasteiger charge is -2.10. The average Bonchev–Trinajstić information content (AvgIpc) is 3.32. The van der Waals surface area contributed by atoms with Gasteiger partial charge in [-0.3, -0.25) is 9.59 Å². The molecule has 0 atom stereocenters. The third-order valence-corrected chi connectivity index (χ3v) is 11.8. The Bertz CT molecular complexity index is 1490. The molecule has 2 amide bonds. The van der Waals surface area contributed by atoms with Gasteiger partial charge in [-0.25, -0.2) is 0 Å². The summed E-state index contributed by atoms with van der Waals surface area (Å²) in [6.07, 6.45) is 44.9. The van der Waals surface area contributed by atoms with Gasteiger partial charge in [-0.05, 0) is 62.2 Å². The number of hydrogen-bond donors (Lipinski definition) is 5. The number of carbonyl (C=O) groups is 2. The Morgan fingerprint density at radius 3 is 0.940 bits per heavy atom. The Morgan fingerprint density at radius 1 is 0.373 bits per heavy atom. The van der Waals surface area contributed by atoms with Crippen LogP contribution in [-0.2, 0) is 9.59 Å². The van der Waals surface area contributed by atoms with Crippen LogP contribution in [0.3, 0.4) is 0 Å². The van der Waals surface area contributed by atoms with E-state index in [1.165, 1.54) is 154 Å². The number of nitrogens with one attached hydrogen (secondary N) is 4.